The first-order chi connectivity index (χ1) is 17.2. The van der Waals surface area contributed by atoms with Crippen molar-refractivity contribution in [3.8, 4) is 5.75 Å². The van der Waals surface area contributed by atoms with Crippen LogP contribution in [0.5, 0.6) is 5.75 Å². The van der Waals surface area contributed by atoms with Crippen LogP contribution < -0.4 is 4.74 Å². The van der Waals surface area contributed by atoms with Gasteiger partial charge >= 0.3 is 5.97 Å². The first-order valence-electron chi connectivity index (χ1n) is 12.0. The number of sulfone groups is 1. The molecule has 0 aromatic heterocycles. The van der Waals surface area contributed by atoms with Crippen molar-refractivity contribution in [2.24, 2.45) is 0 Å². The Morgan fingerprint density at radius 1 is 0.861 bits per heavy atom. The molecule has 4 nitrogen and oxygen atoms in total. The van der Waals surface area contributed by atoms with Gasteiger partial charge in [0.2, 0.25) is 0 Å². The number of fused-ring (bicyclic) bond motifs is 2. The number of allylic oxidation sites excluding steroid dienone is 1. The van der Waals surface area contributed by atoms with Crippen molar-refractivity contribution in [2.75, 3.05) is 5.75 Å². The summed E-state index contributed by atoms with van der Waals surface area (Å²) in [5, 5.41) is 1.81. The molecule has 0 saturated carbocycles. The second-order valence-electron chi connectivity index (χ2n) is 9.59. The van der Waals surface area contributed by atoms with E-state index in [0.29, 0.717) is 10.6 Å². The summed E-state index contributed by atoms with van der Waals surface area (Å²) >= 11 is 0. The topological polar surface area (TPSA) is 60.4 Å². The molecule has 5 heteroatoms. The smallest absolute Gasteiger partial charge is 0.308 e. The van der Waals surface area contributed by atoms with Gasteiger partial charge in [0.15, 0.2) is 9.84 Å². The van der Waals surface area contributed by atoms with Crippen LogP contribution in [0.4, 0.5) is 0 Å². The molecule has 1 aliphatic carbocycles. The fourth-order valence-electron chi connectivity index (χ4n) is 5.08. The molecule has 0 amide bonds. The molecule has 0 bridgehead atoms. The highest BCUT2D eigenvalue weighted by Crippen LogP contribution is 2.57. The molecule has 182 valence electrons. The summed E-state index contributed by atoms with van der Waals surface area (Å²) in [5.41, 5.74) is 6.82. The van der Waals surface area contributed by atoms with Gasteiger partial charge in [-0.2, -0.15) is 0 Å². The molecule has 4 aromatic rings. The lowest BCUT2D eigenvalue weighted by atomic mass is 9.66. The zero-order valence-corrected chi connectivity index (χ0v) is 21.6. The zero-order valence-electron chi connectivity index (χ0n) is 20.8. The molecule has 1 aliphatic rings. The van der Waals surface area contributed by atoms with Crippen molar-refractivity contribution in [1.29, 1.82) is 0 Å². The number of aryl methyl sites for hydroxylation is 2. The molecule has 0 heterocycles. The average molecular weight is 497 g/mol. The Hall–Kier alpha value is -3.70. The van der Waals surface area contributed by atoms with Crippen LogP contribution in [0.1, 0.15) is 47.6 Å². The number of ether oxygens (including phenoxy) is 1. The van der Waals surface area contributed by atoms with Crippen molar-refractivity contribution < 1.29 is 17.9 Å². The average Bonchev–Trinajstić information content (AvgIpc) is 2.81. The third-order valence-electron chi connectivity index (χ3n) is 6.81. The maximum atomic E-state index is 13.3. The van der Waals surface area contributed by atoms with Gasteiger partial charge in [0, 0.05) is 23.8 Å². The highest BCUT2D eigenvalue weighted by Gasteiger charge is 2.39. The molecule has 0 saturated heterocycles. The van der Waals surface area contributed by atoms with Crippen LogP contribution in [0.15, 0.2) is 89.3 Å². The Balaban J connectivity index is 1.72. The van der Waals surface area contributed by atoms with E-state index in [9.17, 15) is 13.2 Å². The molecule has 0 radical (unpaired) electrons. The van der Waals surface area contributed by atoms with Gasteiger partial charge in [-0.25, -0.2) is 8.42 Å². The van der Waals surface area contributed by atoms with Crippen molar-refractivity contribution in [1.82, 2.24) is 0 Å². The van der Waals surface area contributed by atoms with Crippen LogP contribution in [-0.4, -0.2) is 20.1 Å². The molecule has 0 fully saturated rings. The number of esters is 1. The summed E-state index contributed by atoms with van der Waals surface area (Å²) in [6, 6.07) is 25.1. The Kier molecular flexibility index (Phi) is 6.05. The van der Waals surface area contributed by atoms with Crippen molar-refractivity contribution in [3.63, 3.8) is 0 Å². The van der Waals surface area contributed by atoms with E-state index < -0.39 is 9.84 Å². The first kappa shape index (κ1) is 24.0. The van der Waals surface area contributed by atoms with Gasteiger partial charge in [0.1, 0.15) is 5.75 Å². The van der Waals surface area contributed by atoms with E-state index in [-0.39, 0.29) is 17.6 Å². The standard InChI is InChI=1S/C31H28O4S/c1-19-9-13-23(14-10-19)29-28(21(3)18-36(33,34)25-15-11-20(2)12-16-25)27-17-24-7-5-6-8-26(24)31(30(27)29)35-22(4)32/h5-17,29H,18H2,1-4H3/b28-21-. The lowest BCUT2D eigenvalue weighted by Gasteiger charge is -2.38. The molecule has 1 unspecified atom stereocenters. The molecule has 0 N–H and O–H groups in total. The second kappa shape index (κ2) is 9.07. The van der Waals surface area contributed by atoms with Crippen LogP contribution in [0.3, 0.4) is 0 Å². The molecule has 1 atom stereocenters. The highest BCUT2D eigenvalue weighted by molar-refractivity contribution is 7.91. The third kappa shape index (κ3) is 4.24. The Bertz CT molecular complexity index is 1630. The van der Waals surface area contributed by atoms with Crippen molar-refractivity contribution >= 4 is 32.2 Å². The van der Waals surface area contributed by atoms with E-state index in [1.165, 1.54) is 6.92 Å². The maximum Gasteiger partial charge on any atom is 0.308 e. The number of hydrogen-bond acceptors (Lipinski definition) is 4. The van der Waals surface area contributed by atoms with E-state index in [0.717, 1.165) is 49.7 Å². The minimum Gasteiger partial charge on any atom is -0.426 e. The van der Waals surface area contributed by atoms with Crippen molar-refractivity contribution in [2.45, 2.75) is 38.5 Å². The minimum atomic E-state index is -3.53. The van der Waals surface area contributed by atoms with Gasteiger partial charge in [-0.3, -0.25) is 4.79 Å². The Labute approximate surface area is 212 Å². The number of carbonyl (C=O) groups excluding carboxylic acids is 1. The lowest BCUT2D eigenvalue weighted by Crippen LogP contribution is -2.23. The summed E-state index contributed by atoms with van der Waals surface area (Å²) in [6.07, 6.45) is 0. The molecule has 4 aromatic carbocycles. The SMILES string of the molecule is CC(=O)Oc1c2c(cc3ccccc13)/C(=C(\C)CS(=O)(=O)c1ccc(C)cc1)C2c1ccc(C)cc1. The van der Waals surface area contributed by atoms with Crippen molar-refractivity contribution in [3.05, 3.63) is 112 Å². The van der Waals surface area contributed by atoms with E-state index in [1.54, 1.807) is 12.1 Å². The third-order valence-corrected chi connectivity index (χ3v) is 8.61. The van der Waals surface area contributed by atoms with Crippen LogP contribution in [0.25, 0.3) is 16.3 Å². The highest BCUT2D eigenvalue weighted by atomic mass is 32.2. The zero-order chi connectivity index (χ0) is 25.6. The minimum absolute atomic E-state index is 0.0804. The number of benzene rings is 4. The molecule has 0 aliphatic heterocycles. The molecular weight excluding hydrogens is 468 g/mol. The summed E-state index contributed by atoms with van der Waals surface area (Å²) in [7, 11) is -3.53. The number of rotatable bonds is 5. The van der Waals surface area contributed by atoms with E-state index in [2.05, 4.69) is 30.3 Å². The van der Waals surface area contributed by atoms with Gasteiger partial charge in [0.05, 0.1) is 10.6 Å². The maximum absolute atomic E-state index is 13.3. The normalized spacial score (nSPS) is 16.3. The van der Waals surface area contributed by atoms with Crippen LogP contribution in [0.2, 0.25) is 0 Å². The van der Waals surface area contributed by atoms with Gasteiger partial charge in [-0.05, 0) is 61.1 Å². The largest absolute Gasteiger partial charge is 0.426 e. The van der Waals surface area contributed by atoms with Crippen LogP contribution >= 0.6 is 0 Å². The molecule has 0 spiro atoms. The van der Waals surface area contributed by atoms with Gasteiger partial charge < -0.3 is 4.74 Å². The first-order valence-corrected chi connectivity index (χ1v) is 13.6. The van der Waals surface area contributed by atoms with Gasteiger partial charge in [-0.15, -0.1) is 0 Å². The quantitative estimate of drug-likeness (QED) is 0.226. The van der Waals surface area contributed by atoms with Crippen LogP contribution in [0, 0.1) is 13.8 Å². The summed E-state index contributed by atoms with van der Waals surface area (Å²) in [6.45, 7) is 7.27. The van der Waals surface area contributed by atoms with Gasteiger partial charge in [0.25, 0.3) is 0 Å². The lowest BCUT2D eigenvalue weighted by molar-refractivity contribution is -0.131. The number of carbonyl (C=O) groups is 1. The summed E-state index contributed by atoms with van der Waals surface area (Å²) in [5.74, 6) is -0.0951. The molecule has 36 heavy (non-hydrogen) atoms. The summed E-state index contributed by atoms with van der Waals surface area (Å²) in [4.78, 5) is 12.4. The molecular formula is C31H28O4S. The second-order valence-corrected chi connectivity index (χ2v) is 11.6. The molecule has 5 rings (SSSR count). The predicted molar refractivity (Wildman–Crippen MR) is 144 cm³/mol. The van der Waals surface area contributed by atoms with E-state index in [4.69, 9.17) is 4.74 Å². The Morgan fingerprint density at radius 3 is 2.11 bits per heavy atom. The fourth-order valence-corrected chi connectivity index (χ4v) is 6.52. The van der Waals surface area contributed by atoms with Gasteiger partial charge in [-0.1, -0.05) is 77.4 Å². The monoisotopic (exact) mass is 496 g/mol. The number of hydrogen-bond donors (Lipinski definition) is 0. The predicted octanol–water partition coefficient (Wildman–Crippen LogP) is 6.77. The van der Waals surface area contributed by atoms with Crippen LogP contribution in [-0.2, 0) is 14.6 Å². The summed E-state index contributed by atoms with van der Waals surface area (Å²) < 4.78 is 32.4. The Morgan fingerprint density at radius 2 is 1.47 bits per heavy atom. The van der Waals surface area contributed by atoms with E-state index >= 15 is 0 Å². The van der Waals surface area contributed by atoms with E-state index in [1.807, 2.05) is 57.2 Å². The fraction of sp³-hybridized carbons (Fsp3) is 0.194.